The smallest absolute Gasteiger partial charge is 0.171 e. The first kappa shape index (κ1) is 14.2. The average molecular weight is 255 g/mol. The van der Waals surface area contributed by atoms with Crippen molar-refractivity contribution in [1.29, 1.82) is 0 Å². The van der Waals surface area contributed by atoms with Gasteiger partial charge in [0.2, 0.25) is 0 Å². The highest BCUT2D eigenvalue weighted by Crippen LogP contribution is 2.17. The minimum atomic E-state index is 0.0798. The third-order valence-electron chi connectivity index (χ3n) is 2.76. The number of halogens is 1. The van der Waals surface area contributed by atoms with E-state index in [0.717, 1.165) is 23.0 Å². The first-order chi connectivity index (χ1) is 7.83. The predicted molar refractivity (Wildman–Crippen MR) is 72.5 cm³/mol. The van der Waals surface area contributed by atoms with E-state index >= 15 is 0 Å². The van der Waals surface area contributed by atoms with Crippen LogP contribution in [-0.2, 0) is 0 Å². The molecule has 0 fully saturated rings. The van der Waals surface area contributed by atoms with Gasteiger partial charge in [-0.2, -0.15) is 0 Å². The maximum absolute atomic E-state index is 12.3. The van der Waals surface area contributed by atoms with E-state index in [9.17, 15) is 4.79 Å². The van der Waals surface area contributed by atoms with Gasteiger partial charge in [0.25, 0.3) is 0 Å². The number of carbonyl (C=O) groups is 1. The van der Waals surface area contributed by atoms with Crippen molar-refractivity contribution in [3.8, 4) is 0 Å². The zero-order valence-electron chi connectivity index (χ0n) is 11.0. The summed E-state index contributed by atoms with van der Waals surface area (Å²) in [5.74, 6) is 0.299. The Balaban J connectivity index is 2.83. The first-order valence-electron chi connectivity index (χ1n) is 5.93. The van der Waals surface area contributed by atoms with E-state index in [1.54, 1.807) is 12.1 Å². The average Bonchev–Trinajstić information content (AvgIpc) is 2.25. The second-order valence-electron chi connectivity index (χ2n) is 5.45. The van der Waals surface area contributed by atoms with E-state index in [-0.39, 0.29) is 11.7 Å². The molecule has 0 radical (unpaired) electrons. The number of carbonyl (C=O) groups excluding carboxylic acids is 1. The molecule has 1 aromatic rings. The Labute approximate surface area is 109 Å². The fourth-order valence-electron chi connectivity index (χ4n) is 1.91. The SMILES string of the molecule is CCC(C[N+](C)(C)C)C(=O)c1ccc(Cl)cc1. The van der Waals surface area contributed by atoms with Gasteiger partial charge >= 0.3 is 0 Å². The summed E-state index contributed by atoms with van der Waals surface area (Å²) in [4.78, 5) is 12.3. The second kappa shape index (κ2) is 5.65. The Morgan fingerprint density at radius 3 is 2.18 bits per heavy atom. The molecule has 0 saturated heterocycles. The number of hydrogen-bond donors (Lipinski definition) is 0. The molecule has 1 rings (SSSR count). The largest absolute Gasteiger partial charge is 0.330 e. The van der Waals surface area contributed by atoms with Crippen LogP contribution in [0.2, 0.25) is 5.02 Å². The Morgan fingerprint density at radius 2 is 1.76 bits per heavy atom. The lowest BCUT2D eigenvalue weighted by Crippen LogP contribution is -2.41. The first-order valence-corrected chi connectivity index (χ1v) is 6.31. The van der Waals surface area contributed by atoms with Gasteiger partial charge < -0.3 is 4.48 Å². The Hall–Kier alpha value is -0.860. The summed E-state index contributed by atoms with van der Waals surface area (Å²) in [7, 11) is 6.33. The molecule has 17 heavy (non-hydrogen) atoms. The maximum atomic E-state index is 12.3. The van der Waals surface area contributed by atoms with Gasteiger partial charge in [-0.3, -0.25) is 4.79 Å². The van der Waals surface area contributed by atoms with Gasteiger partial charge in [-0.25, -0.2) is 0 Å². The van der Waals surface area contributed by atoms with Gasteiger partial charge in [0.05, 0.1) is 33.6 Å². The molecule has 0 bridgehead atoms. The number of Topliss-reactive ketones (excluding diaryl/α,β-unsaturated/α-hetero) is 1. The molecule has 0 aliphatic carbocycles. The van der Waals surface area contributed by atoms with Crippen LogP contribution in [0.15, 0.2) is 24.3 Å². The summed E-state index contributed by atoms with van der Waals surface area (Å²) in [6.45, 7) is 2.92. The Bertz CT molecular complexity index is 378. The van der Waals surface area contributed by atoms with Gasteiger partial charge in [0, 0.05) is 10.6 Å². The lowest BCUT2D eigenvalue weighted by molar-refractivity contribution is -0.872. The van der Waals surface area contributed by atoms with Crippen LogP contribution >= 0.6 is 11.6 Å². The standard InChI is InChI=1S/C14H21ClNO/c1-5-11(10-16(2,3)4)14(17)12-6-8-13(15)9-7-12/h6-9,11H,5,10H2,1-4H3/q+1. The number of quaternary nitrogens is 1. The van der Waals surface area contributed by atoms with E-state index in [2.05, 4.69) is 28.1 Å². The third-order valence-corrected chi connectivity index (χ3v) is 3.01. The summed E-state index contributed by atoms with van der Waals surface area (Å²) < 4.78 is 0.803. The van der Waals surface area contributed by atoms with Gasteiger partial charge in [0.1, 0.15) is 0 Å². The van der Waals surface area contributed by atoms with Crippen LogP contribution in [0.5, 0.6) is 0 Å². The van der Waals surface area contributed by atoms with Crippen molar-refractivity contribution >= 4 is 17.4 Å². The fourth-order valence-corrected chi connectivity index (χ4v) is 2.03. The summed E-state index contributed by atoms with van der Waals surface area (Å²) in [6.07, 6.45) is 0.872. The van der Waals surface area contributed by atoms with Crippen molar-refractivity contribution in [2.45, 2.75) is 13.3 Å². The normalized spacial score (nSPS) is 13.5. The lowest BCUT2D eigenvalue weighted by Gasteiger charge is -2.28. The molecule has 2 nitrogen and oxygen atoms in total. The Kier molecular flexibility index (Phi) is 4.72. The minimum absolute atomic E-state index is 0.0798. The van der Waals surface area contributed by atoms with E-state index < -0.39 is 0 Å². The highest BCUT2D eigenvalue weighted by molar-refractivity contribution is 6.30. The van der Waals surface area contributed by atoms with Crippen molar-refractivity contribution in [3.05, 3.63) is 34.9 Å². The highest BCUT2D eigenvalue weighted by Gasteiger charge is 2.24. The Morgan fingerprint density at radius 1 is 1.24 bits per heavy atom. The van der Waals surface area contributed by atoms with Crippen molar-refractivity contribution < 1.29 is 9.28 Å². The van der Waals surface area contributed by atoms with Crippen LogP contribution in [0.3, 0.4) is 0 Å². The molecule has 1 unspecified atom stereocenters. The van der Waals surface area contributed by atoms with Crippen LogP contribution in [0.1, 0.15) is 23.7 Å². The molecular weight excluding hydrogens is 234 g/mol. The van der Waals surface area contributed by atoms with E-state index in [1.807, 2.05) is 12.1 Å². The zero-order chi connectivity index (χ0) is 13.1. The van der Waals surface area contributed by atoms with Crippen molar-refractivity contribution in [1.82, 2.24) is 0 Å². The third kappa shape index (κ3) is 4.49. The van der Waals surface area contributed by atoms with Gasteiger partial charge in [-0.15, -0.1) is 0 Å². The lowest BCUT2D eigenvalue weighted by atomic mass is 9.94. The van der Waals surface area contributed by atoms with Crippen LogP contribution < -0.4 is 0 Å². The van der Waals surface area contributed by atoms with Crippen LogP contribution in [0, 0.1) is 5.92 Å². The molecule has 0 aliphatic rings. The number of nitrogens with zero attached hydrogens (tertiary/aromatic N) is 1. The molecule has 0 saturated carbocycles. The highest BCUT2D eigenvalue weighted by atomic mass is 35.5. The van der Waals surface area contributed by atoms with Crippen LogP contribution in [0.25, 0.3) is 0 Å². The van der Waals surface area contributed by atoms with Crippen molar-refractivity contribution in [2.24, 2.45) is 5.92 Å². The van der Waals surface area contributed by atoms with Crippen LogP contribution in [-0.4, -0.2) is 38.0 Å². The summed E-state index contributed by atoms with van der Waals surface area (Å²) in [5.41, 5.74) is 0.759. The quantitative estimate of drug-likeness (QED) is 0.582. The molecular formula is C14H21ClNO+. The number of rotatable bonds is 5. The molecule has 0 N–H and O–H groups in total. The van der Waals surface area contributed by atoms with E-state index in [0.29, 0.717) is 5.02 Å². The second-order valence-corrected chi connectivity index (χ2v) is 5.89. The summed E-state index contributed by atoms with van der Waals surface area (Å²) in [5, 5.41) is 0.668. The van der Waals surface area contributed by atoms with Crippen molar-refractivity contribution in [2.75, 3.05) is 27.7 Å². The fraction of sp³-hybridized carbons (Fsp3) is 0.500. The molecule has 3 heteroatoms. The van der Waals surface area contributed by atoms with Gasteiger partial charge in [0.15, 0.2) is 5.78 Å². The van der Waals surface area contributed by atoms with E-state index in [4.69, 9.17) is 11.6 Å². The minimum Gasteiger partial charge on any atom is -0.330 e. The molecule has 1 atom stereocenters. The molecule has 1 aromatic carbocycles. The molecule has 0 amide bonds. The summed E-state index contributed by atoms with van der Waals surface area (Å²) >= 11 is 5.82. The topological polar surface area (TPSA) is 17.1 Å². The van der Waals surface area contributed by atoms with Gasteiger partial charge in [-0.05, 0) is 30.7 Å². The number of hydrogen-bond acceptors (Lipinski definition) is 1. The maximum Gasteiger partial charge on any atom is 0.171 e. The van der Waals surface area contributed by atoms with E-state index in [1.165, 1.54) is 0 Å². The number of benzene rings is 1. The molecule has 0 aromatic heterocycles. The zero-order valence-corrected chi connectivity index (χ0v) is 11.8. The molecule has 0 aliphatic heterocycles. The monoisotopic (exact) mass is 254 g/mol. The van der Waals surface area contributed by atoms with Gasteiger partial charge in [-0.1, -0.05) is 18.5 Å². The molecule has 0 spiro atoms. The number of ketones is 1. The summed E-state index contributed by atoms with van der Waals surface area (Å²) in [6, 6.07) is 7.16. The van der Waals surface area contributed by atoms with Crippen LogP contribution in [0.4, 0.5) is 0 Å². The van der Waals surface area contributed by atoms with Crippen molar-refractivity contribution in [3.63, 3.8) is 0 Å². The molecule has 0 heterocycles. The molecule has 94 valence electrons. The predicted octanol–water partition coefficient (Wildman–Crippen LogP) is 3.26.